The molecule has 0 radical (unpaired) electrons. The maximum atomic E-state index is 11.9. The fraction of sp³-hybridized carbons (Fsp3) is 0.917. The maximum absolute atomic E-state index is 11.9. The lowest BCUT2D eigenvalue weighted by atomic mass is 9.68. The normalized spacial score (nSPS) is 24.1. The minimum absolute atomic E-state index is 0.189. The SMILES string of the molecule is CC(C)(C)OC(=O)N1CNCC2(CCC2)C1. The molecule has 0 aromatic heterocycles. The third-order valence-corrected chi connectivity index (χ3v) is 3.39. The van der Waals surface area contributed by atoms with E-state index < -0.39 is 5.60 Å². The van der Waals surface area contributed by atoms with E-state index in [2.05, 4.69) is 5.32 Å². The number of nitrogens with one attached hydrogen (secondary N) is 1. The Morgan fingerprint density at radius 1 is 1.38 bits per heavy atom. The first-order chi connectivity index (χ1) is 7.40. The Labute approximate surface area is 97.3 Å². The summed E-state index contributed by atoms with van der Waals surface area (Å²) in [4.78, 5) is 13.7. The summed E-state index contributed by atoms with van der Waals surface area (Å²) in [6, 6.07) is 0. The van der Waals surface area contributed by atoms with E-state index in [-0.39, 0.29) is 6.09 Å². The van der Waals surface area contributed by atoms with Gasteiger partial charge in [-0.1, -0.05) is 6.42 Å². The summed E-state index contributed by atoms with van der Waals surface area (Å²) in [6.45, 7) is 8.24. The van der Waals surface area contributed by atoms with Crippen molar-refractivity contribution in [1.82, 2.24) is 10.2 Å². The van der Waals surface area contributed by atoms with Gasteiger partial charge in [-0.05, 0) is 33.6 Å². The number of hydrogen-bond donors (Lipinski definition) is 1. The third kappa shape index (κ3) is 2.48. The molecule has 0 atom stereocenters. The van der Waals surface area contributed by atoms with Crippen molar-refractivity contribution >= 4 is 6.09 Å². The second-order valence-corrected chi connectivity index (χ2v) is 6.12. The molecule has 1 spiro atoms. The lowest BCUT2D eigenvalue weighted by Crippen LogP contribution is -2.58. The van der Waals surface area contributed by atoms with Crippen LogP contribution in [0.3, 0.4) is 0 Å². The van der Waals surface area contributed by atoms with Gasteiger partial charge in [0.15, 0.2) is 0 Å². The minimum atomic E-state index is -0.401. The van der Waals surface area contributed by atoms with Crippen molar-refractivity contribution in [3.8, 4) is 0 Å². The summed E-state index contributed by atoms with van der Waals surface area (Å²) in [6.07, 6.45) is 3.58. The molecule has 1 saturated heterocycles. The van der Waals surface area contributed by atoms with Gasteiger partial charge in [0.1, 0.15) is 5.60 Å². The van der Waals surface area contributed by atoms with Crippen molar-refractivity contribution in [3.05, 3.63) is 0 Å². The van der Waals surface area contributed by atoms with Crippen molar-refractivity contribution in [2.75, 3.05) is 19.8 Å². The lowest BCUT2D eigenvalue weighted by Gasteiger charge is -2.48. The first-order valence-corrected chi connectivity index (χ1v) is 6.09. The molecule has 0 aromatic rings. The van der Waals surface area contributed by atoms with Gasteiger partial charge in [0.2, 0.25) is 0 Å². The van der Waals surface area contributed by atoms with Crippen LogP contribution in [0.5, 0.6) is 0 Å². The van der Waals surface area contributed by atoms with Crippen molar-refractivity contribution in [1.29, 1.82) is 0 Å². The van der Waals surface area contributed by atoms with Crippen LogP contribution in [0.2, 0.25) is 0 Å². The fourth-order valence-corrected chi connectivity index (χ4v) is 2.44. The molecule has 0 unspecified atom stereocenters. The van der Waals surface area contributed by atoms with Crippen LogP contribution in [0.25, 0.3) is 0 Å². The Morgan fingerprint density at radius 2 is 2.06 bits per heavy atom. The average molecular weight is 226 g/mol. The Bertz CT molecular complexity index is 279. The molecule has 0 aromatic carbocycles. The smallest absolute Gasteiger partial charge is 0.411 e. The van der Waals surface area contributed by atoms with Gasteiger partial charge in [0, 0.05) is 18.5 Å². The van der Waals surface area contributed by atoms with E-state index in [0.717, 1.165) is 13.1 Å². The number of amides is 1. The van der Waals surface area contributed by atoms with E-state index in [9.17, 15) is 4.79 Å². The largest absolute Gasteiger partial charge is 0.444 e. The van der Waals surface area contributed by atoms with Crippen LogP contribution in [0.1, 0.15) is 40.0 Å². The molecule has 2 fully saturated rings. The van der Waals surface area contributed by atoms with Gasteiger partial charge in [0.25, 0.3) is 0 Å². The molecule has 2 aliphatic rings. The number of carbonyl (C=O) groups is 1. The number of rotatable bonds is 0. The van der Waals surface area contributed by atoms with Crippen LogP contribution in [0.4, 0.5) is 4.79 Å². The van der Waals surface area contributed by atoms with Gasteiger partial charge in [-0.15, -0.1) is 0 Å². The van der Waals surface area contributed by atoms with Crippen molar-refractivity contribution in [3.63, 3.8) is 0 Å². The summed E-state index contributed by atoms with van der Waals surface area (Å²) < 4.78 is 5.39. The average Bonchev–Trinajstić information content (AvgIpc) is 2.13. The zero-order valence-corrected chi connectivity index (χ0v) is 10.5. The van der Waals surface area contributed by atoms with Crippen LogP contribution in [0.15, 0.2) is 0 Å². The van der Waals surface area contributed by atoms with Gasteiger partial charge in [0.05, 0.1) is 6.67 Å². The molecule has 0 bridgehead atoms. The standard InChI is InChI=1S/C12H22N2O2/c1-11(2,3)16-10(15)14-8-12(5-4-6-12)7-13-9-14/h13H,4-9H2,1-3H3. The van der Waals surface area contributed by atoms with Crippen LogP contribution in [-0.2, 0) is 4.74 Å². The van der Waals surface area contributed by atoms with Crippen LogP contribution >= 0.6 is 0 Å². The molecular weight excluding hydrogens is 204 g/mol. The van der Waals surface area contributed by atoms with E-state index in [1.165, 1.54) is 19.3 Å². The molecule has 1 aliphatic carbocycles. The van der Waals surface area contributed by atoms with E-state index in [1.54, 1.807) is 4.90 Å². The van der Waals surface area contributed by atoms with Crippen molar-refractivity contribution in [2.24, 2.45) is 5.41 Å². The van der Waals surface area contributed by atoms with E-state index in [1.807, 2.05) is 20.8 Å². The van der Waals surface area contributed by atoms with Crippen molar-refractivity contribution in [2.45, 2.75) is 45.6 Å². The van der Waals surface area contributed by atoms with Crippen LogP contribution in [-0.4, -0.2) is 36.4 Å². The quantitative estimate of drug-likeness (QED) is 0.686. The fourth-order valence-electron chi connectivity index (χ4n) is 2.44. The molecule has 1 aliphatic heterocycles. The molecular formula is C12H22N2O2. The summed E-state index contributed by atoms with van der Waals surface area (Å²) in [5.41, 5.74) is -0.0591. The highest BCUT2D eigenvalue weighted by Crippen LogP contribution is 2.42. The van der Waals surface area contributed by atoms with E-state index in [0.29, 0.717) is 12.1 Å². The molecule has 4 heteroatoms. The molecule has 1 amide bonds. The summed E-state index contributed by atoms with van der Waals surface area (Å²) in [5, 5.41) is 3.32. The van der Waals surface area contributed by atoms with Gasteiger partial charge in [-0.25, -0.2) is 4.79 Å². The van der Waals surface area contributed by atoms with E-state index in [4.69, 9.17) is 4.74 Å². The number of nitrogens with zero attached hydrogens (tertiary/aromatic N) is 1. The monoisotopic (exact) mass is 226 g/mol. The summed E-state index contributed by atoms with van der Waals surface area (Å²) >= 11 is 0. The van der Waals surface area contributed by atoms with Crippen LogP contribution in [0, 0.1) is 5.41 Å². The van der Waals surface area contributed by atoms with E-state index >= 15 is 0 Å². The van der Waals surface area contributed by atoms with Gasteiger partial charge in [-0.2, -0.15) is 0 Å². The second kappa shape index (κ2) is 3.91. The lowest BCUT2D eigenvalue weighted by molar-refractivity contribution is -0.0147. The zero-order chi connectivity index (χ0) is 11.8. The third-order valence-electron chi connectivity index (χ3n) is 3.39. The summed E-state index contributed by atoms with van der Waals surface area (Å²) in [7, 11) is 0. The highest BCUT2D eigenvalue weighted by Gasteiger charge is 2.42. The topological polar surface area (TPSA) is 41.6 Å². The molecule has 1 N–H and O–H groups in total. The Balaban J connectivity index is 1.91. The predicted molar refractivity (Wildman–Crippen MR) is 62.1 cm³/mol. The molecule has 92 valence electrons. The molecule has 16 heavy (non-hydrogen) atoms. The molecule has 1 saturated carbocycles. The Hall–Kier alpha value is -0.770. The van der Waals surface area contributed by atoms with Gasteiger partial charge < -0.3 is 4.74 Å². The first kappa shape index (κ1) is 11.7. The number of ether oxygens (including phenoxy) is 1. The first-order valence-electron chi connectivity index (χ1n) is 6.09. The highest BCUT2D eigenvalue weighted by atomic mass is 16.6. The highest BCUT2D eigenvalue weighted by molar-refractivity contribution is 5.68. The maximum Gasteiger partial charge on any atom is 0.411 e. The van der Waals surface area contributed by atoms with Gasteiger partial charge in [-0.3, -0.25) is 10.2 Å². The molecule has 1 heterocycles. The molecule has 2 rings (SSSR count). The number of carbonyl (C=O) groups excluding carboxylic acids is 1. The minimum Gasteiger partial charge on any atom is -0.444 e. The Kier molecular flexibility index (Phi) is 2.86. The number of hydrogen-bond acceptors (Lipinski definition) is 3. The predicted octanol–water partition coefficient (Wildman–Crippen LogP) is 1.95. The van der Waals surface area contributed by atoms with Crippen molar-refractivity contribution < 1.29 is 9.53 Å². The summed E-state index contributed by atoms with van der Waals surface area (Å²) in [5.74, 6) is 0. The van der Waals surface area contributed by atoms with Gasteiger partial charge >= 0.3 is 6.09 Å². The molecule has 4 nitrogen and oxygen atoms in total. The Morgan fingerprint density at radius 3 is 2.56 bits per heavy atom. The van der Waals surface area contributed by atoms with Crippen LogP contribution < -0.4 is 5.32 Å². The second-order valence-electron chi connectivity index (χ2n) is 6.12. The zero-order valence-electron chi connectivity index (χ0n) is 10.5.